The summed E-state index contributed by atoms with van der Waals surface area (Å²) in [5.41, 5.74) is 2.30. The molecule has 2 heterocycles. The predicted octanol–water partition coefficient (Wildman–Crippen LogP) is 4.98. The van der Waals surface area contributed by atoms with Crippen molar-refractivity contribution in [1.29, 1.82) is 0 Å². The van der Waals surface area contributed by atoms with Gasteiger partial charge >= 0.3 is 0 Å². The highest BCUT2D eigenvalue weighted by molar-refractivity contribution is 7.15. The summed E-state index contributed by atoms with van der Waals surface area (Å²) in [4.78, 5) is 44.0. The Hall–Kier alpha value is -3.03. The number of nitrogens with zero attached hydrogens (tertiary/aromatic N) is 2. The largest absolute Gasteiger partial charge is 0.298 e. The molecule has 3 amide bonds. The molecule has 1 aromatic heterocycles. The monoisotopic (exact) mass is 453 g/mol. The van der Waals surface area contributed by atoms with Crippen LogP contribution >= 0.6 is 22.9 Å². The van der Waals surface area contributed by atoms with E-state index in [4.69, 9.17) is 11.6 Å². The number of hydrogen-bond acceptors (Lipinski definition) is 5. The predicted molar refractivity (Wildman–Crippen MR) is 121 cm³/mol. The number of amides is 3. The molecule has 31 heavy (non-hydrogen) atoms. The van der Waals surface area contributed by atoms with Gasteiger partial charge in [0, 0.05) is 22.0 Å². The first-order valence-corrected chi connectivity index (χ1v) is 11.1. The van der Waals surface area contributed by atoms with Gasteiger partial charge in [0.15, 0.2) is 5.13 Å². The molecule has 0 atom stereocenters. The van der Waals surface area contributed by atoms with Crippen molar-refractivity contribution in [2.75, 3.05) is 11.9 Å². The van der Waals surface area contributed by atoms with E-state index < -0.39 is 0 Å². The minimum atomic E-state index is -0.256. The Morgan fingerprint density at radius 3 is 2.45 bits per heavy atom. The van der Waals surface area contributed by atoms with E-state index in [0.29, 0.717) is 39.8 Å². The highest BCUT2D eigenvalue weighted by atomic mass is 35.5. The number of halogens is 1. The number of rotatable bonds is 7. The molecular weight excluding hydrogens is 434 g/mol. The van der Waals surface area contributed by atoms with E-state index in [2.05, 4.69) is 10.3 Å². The zero-order chi connectivity index (χ0) is 22.0. The van der Waals surface area contributed by atoms with E-state index in [1.165, 1.54) is 16.2 Å². The number of carbonyl (C=O) groups is 3. The summed E-state index contributed by atoms with van der Waals surface area (Å²) in [6.45, 7) is 2.30. The Kier molecular flexibility index (Phi) is 6.15. The van der Waals surface area contributed by atoms with Crippen LogP contribution in [0.15, 0.2) is 48.5 Å². The molecule has 3 aromatic rings. The molecule has 0 saturated heterocycles. The Morgan fingerprint density at radius 1 is 1.06 bits per heavy atom. The fraction of sp³-hybridized carbons (Fsp3) is 0.217. The van der Waals surface area contributed by atoms with Crippen LogP contribution in [0.2, 0.25) is 5.02 Å². The van der Waals surface area contributed by atoms with E-state index in [9.17, 15) is 14.4 Å². The molecule has 2 aromatic carbocycles. The minimum absolute atomic E-state index is 0.222. The van der Waals surface area contributed by atoms with Gasteiger partial charge in [0.2, 0.25) is 0 Å². The van der Waals surface area contributed by atoms with Crippen LogP contribution in [-0.2, 0) is 6.42 Å². The highest BCUT2D eigenvalue weighted by Gasteiger charge is 2.34. The SMILES string of the molecule is Cc1nc(NC(=O)c2cccc(Cl)c2)sc1CCCCN1C(=O)c2ccccc2C1=O. The van der Waals surface area contributed by atoms with Crippen molar-refractivity contribution in [2.45, 2.75) is 26.2 Å². The Balaban J connectivity index is 1.30. The lowest BCUT2D eigenvalue weighted by Crippen LogP contribution is -2.30. The number of nitrogens with one attached hydrogen (secondary N) is 1. The molecule has 0 spiro atoms. The Morgan fingerprint density at radius 2 is 1.77 bits per heavy atom. The minimum Gasteiger partial charge on any atom is -0.298 e. The average molecular weight is 454 g/mol. The molecule has 0 aliphatic carbocycles. The maximum Gasteiger partial charge on any atom is 0.261 e. The van der Waals surface area contributed by atoms with Crippen LogP contribution in [0.1, 0.15) is 54.5 Å². The number of fused-ring (bicyclic) bond motifs is 1. The van der Waals surface area contributed by atoms with E-state index in [1.807, 2.05) is 6.92 Å². The molecule has 1 N–H and O–H groups in total. The molecule has 0 saturated carbocycles. The number of unbranched alkanes of at least 4 members (excludes halogenated alkanes) is 1. The molecular formula is C23H20ClN3O3S. The molecule has 8 heteroatoms. The van der Waals surface area contributed by atoms with Crippen molar-refractivity contribution in [3.8, 4) is 0 Å². The molecule has 1 aliphatic rings. The van der Waals surface area contributed by atoms with Crippen LogP contribution in [0, 0.1) is 6.92 Å². The van der Waals surface area contributed by atoms with Gasteiger partial charge in [-0.2, -0.15) is 0 Å². The zero-order valence-corrected chi connectivity index (χ0v) is 18.4. The van der Waals surface area contributed by atoms with Crippen LogP contribution in [0.5, 0.6) is 0 Å². The molecule has 0 fully saturated rings. The van der Waals surface area contributed by atoms with Gasteiger partial charge in [-0.1, -0.05) is 29.8 Å². The second-order valence-corrected chi connectivity index (χ2v) is 8.78. The van der Waals surface area contributed by atoms with Crippen molar-refractivity contribution in [3.05, 3.63) is 80.8 Å². The quantitative estimate of drug-likeness (QED) is 0.404. The molecule has 0 radical (unpaired) electrons. The molecule has 1 aliphatic heterocycles. The molecule has 158 valence electrons. The molecule has 4 rings (SSSR count). The number of anilines is 1. The number of benzene rings is 2. The lowest BCUT2D eigenvalue weighted by molar-refractivity contribution is 0.0651. The number of imide groups is 1. The summed E-state index contributed by atoms with van der Waals surface area (Å²) in [6, 6.07) is 13.7. The Labute approximate surface area is 188 Å². The summed E-state index contributed by atoms with van der Waals surface area (Å²) in [5, 5.41) is 3.86. The van der Waals surface area contributed by atoms with Crippen LogP contribution in [0.4, 0.5) is 5.13 Å². The van der Waals surface area contributed by atoms with Crippen LogP contribution in [0.3, 0.4) is 0 Å². The summed E-state index contributed by atoms with van der Waals surface area (Å²) < 4.78 is 0. The van der Waals surface area contributed by atoms with Crippen LogP contribution in [0.25, 0.3) is 0 Å². The fourth-order valence-corrected chi connectivity index (χ4v) is 4.70. The average Bonchev–Trinajstić information content (AvgIpc) is 3.22. The molecule has 0 bridgehead atoms. The first kappa shape index (κ1) is 21.2. The van der Waals surface area contributed by atoms with Gasteiger partial charge in [-0.25, -0.2) is 4.98 Å². The summed E-state index contributed by atoms with van der Waals surface area (Å²) >= 11 is 7.38. The van der Waals surface area contributed by atoms with Gasteiger partial charge in [-0.15, -0.1) is 11.3 Å². The van der Waals surface area contributed by atoms with Gasteiger partial charge in [-0.3, -0.25) is 24.6 Å². The smallest absolute Gasteiger partial charge is 0.261 e. The van der Waals surface area contributed by atoms with Gasteiger partial charge in [0.25, 0.3) is 17.7 Å². The highest BCUT2D eigenvalue weighted by Crippen LogP contribution is 2.26. The number of aryl methyl sites for hydroxylation is 2. The second kappa shape index (κ2) is 8.99. The lowest BCUT2D eigenvalue weighted by atomic mass is 10.1. The second-order valence-electron chi connectivity index (χ2n) is 7.26. The number of carbonyl (C=O) groups excluding carboxylic acids is 3. The van der Waals surface area contributed by atoms with Crippen molar-refractivity contribution in [1.82, 2.24) is 9.88 Å². The number of aromatic nitrogens is 1. The van der Waals surface area contributed by atoms with Crippen molar-refractivity contribution < 1.29 is 14.4 Å². The maximum absolute atomic E-state index is 12.4. The molecule has 0 unspecified atom stereocenters. The molecule has 6 nitrogen and oxygen atoms in total. The first-order valence-electron chi connectivity index (χ1n) is 9.92. The van der Waals surface area contributed by atoms with Crippen LogP contribution in [-0.4, -0.2) is 34.2 Å². The van der Waals surface area contributed by atoms with Crippen molar-refractivity contribution >= 4 is 45.8 Å². The van der Waals surface area contributed by atoms with E-state index in [-0.39, 0.29) is 17.7 Å². The van der Waals surface area contributed by atoms with Crippen molar-refractivity contribution in [2.24, 2.45) is 0 Å². The van der Waals surface area contributed by atoms with E-state index in [0.717, 1.165) is 23.4 Å². The maximum atomic E-state index is 12.4. The van der Waals surface area contributed by atoms with Crippen LogP contribution < -0.4 is 5.32 Å². The zero-order valence-electron chi connectivity index (χ0n) is 16.9. The van der Waals surface area contributed by atoms with E-state index >= 15 is 0 Å². The van der Waals surface area contributed by atoms with E-state index in [1.54, 1.807) is 48.5 Å². The summed E-state index contributed by atoms with van der Waals surface area (Å²) in [6.07, 6.45) is 2.27. The van der Waals surface area contributed by atoms with Gasteiger partial charge in [0.05, 0.1) is 16.8 Å². The third kappa shape index (κ3) is 4.52. The standard InChI is InChI=1S/C23H20ClN3O3S/c1-14-19(31-23(25-14)26-20(28)15-7-6-8-16(24)13-15)11-4-5-12-27-21(29)17-9-2-3-10-18(17)22(27)30/h2-3,6-10,13H,4-5,11-12H2,1H3,(H,25,26,28). The van der Waals surface area contributed by atoms with Gasteiger partial charge in [-0.05, 0) is 56.5 Å². The number of thiazole rings is 1. The number of hydrogen-bond donors (Lipinski definition) is 1. The third-order valence-electron chi connectivity index (χ3n) is 5.11. The first-order chi connectivity index (χ1) is 14.9. The topological polar surface area (TPSA) is 79.4 Å². The normalized spacial score (nSPS) is 12.9. The third-order valence-corrected chi connectivity index (χ3v) is 6.48. The summed E-state index contributed by atoms with van der Waals surface area (Å²) in [5.74, 6) is -0.699. The van der Waals surface area contributed by atoms with Gasteiger partial charge in [0.1, 0.15) is 0 Å². The van der Waals surface area contributed by atoms with Gasteiger partial charge < -0.3 is 0 Å². The Bertz CT molecular complexity index is 1140. The summed E-state index contributed by atoms with van der Waals surface area (Å²) in [7, 11) is 0. The fourth-order valence-electron chi connectivity index (χ4n) is 3.51. The van der Waals surface area contributed by atoms with Crippen molar-refractivity contribution in [3.63, 3.8) is 0 Å². The lowest BCUT2D eigenvalue weighted by Gasteiger charge is -2.13.